The van der Waals surface area contributed by atoms with E-state index in [2.05, 4.69) is 4.90 Å². The Morgan fingerprint density at radius 1 is 1.07 bits per heavy atom. The Morgan fingerprint density at radius 2 is 1.64 bits per heavy atom. The number of hydrogen-bond acceptors (Lipinski definition) is 4. The summed E-state index contributed by atoms with van der Waals surface area (Å²) in [6, 6.07) is 0.409. The fraction of sp³-hybridized carbons (Fsp3) is 1.00. The van der Waals surface area contributed by atoms with Crippen LogP contribution in [0.25, 0.3) is 0 Å². The van der Waals surface area contributed by atoms with Gasteiger partial charge in [0.2, 0.25) is 0 Å². The van der Waals surface area contributed by atoms with Crippen LogP contribution in [0.3, 0.4) is 0 Å². The molecule has 2 fully saturated rings. The Morgan fingerprint density at radius 3 is 2.21 bits per heavy atom. The summed E-state index contributed by atoms with van der Waals surface area (Å²) in [5, 5.41) is 0. The van der Waals surface area contributed by atoms with E-state index in [1.165, 1.54) is 0 Å². The molecule has 0 N–H and O–H groups in total. The van der Waals surface area contributed by atoms with Crippen LogP contribution >= 0.6 is 0 Å². The molecule has 0 aliphatic carbocycles. The van der Waals surface area contributed by atoms with Crippen LogP contribution in [0.4, 0.5) is 0 Å². The van der Waals surface area contributed by atoms with Gasteiger partial charge in [-0.3, -0.25) is 4.90 Å². The molecule has 2 heterocycles. The van der Waals surface area contributed by atoms with Crippen LogP contribution in [-0.2, 0) is 14.2 Å². The summed E-state index contributed by atoms with van der Waals surface area (Å²) < 4.78 is 16.6. The van der Waals surface area contributed by atoms with Crippen molar-refractivity contribution in [2.75, 3.05) is 39.5 Å². The lowest BCUT2D eigenvalue weighted by Crippen LogP contribution is -2.53. The average molecular weight is 201 g/mol. The van der Waals surface area contributed by atoms with Gasteiger partial charge >= 0.3 is 0 Å². The van der Waals surface area contributed by atoms with E-state index < -0.39 is 5.79 Å². The van der Waals surface area contributed by atoms with E-state index in [1.54, 1.807) is 0 Å². The zero-order chi connectivity index (χ0) is 10.0. The monoisotopic (exact) mass is 201 g/mol. The molecule has 0 amide bonds. The van der Waals surface area contributed by atoms with Crippen molar-refractivity contribution >= 4 is 0 Å². The second kappa shape index (κ2) is 4.14. The quantitative estimate of drug-likeness (QED) is 0.617. The number of rotatable bonds is 1. The van der Waals surface area contributed by atoms with Crippen molar-refractivity contribution in [3.63, 3.8) is 0 Å². The predicted molar refractivity (Wildman–Crippen MR) is 52.2 cm³/mol. The third-order valence-corrected chi connectivity index (χ3v) is 2.81. The number of morpholine rings is 1. The Hall–Kier alpha value is -0.160. The van der Waals surface area contributed by atoms with E-state index in [9.17, 15) is 0 Å². The number of ether oxygens (including phenoxy) is 3. The summed E-state index contributed by atoms with van der Waals surface area (Å²) >= 11 is 0. The highest BCUT2D eigenvalue weighted by Gasteiger charge is 2.31. The van der Waals surface area contributed by atoms with Gasteiger partial charge in [0, 0.05) is 13.1 Å². The maximum Gasteiger partial charge on any atom is 0.162 e. The molecule has 4 nitrogen and oxygen atoms in total. The van der Waals surface area contributed by atoms with E-state index in [4.69, 9.17) is 14.2 Å². The first kappa shape index (κ1) is 10.4. The first-order valence-electron chi connectivity index (χ1n) is 5.27. The van der Waals surface area contributed by atoms with Crippen molar-refractivity contribution in [2.45, 2.75) is 25.7 Å². The van der Waals surface area contributed by atoms with Crippen LogP contribution in [-0.4, -0.2) is 56.2 Å². The van der Waals surface area contributed by atoms with Crippen molar-refractivity contribution in [1.82, 2.24) is 4.90 Å². The van der Waals surface area contributed by atoms with E-state index in [0.29, 0.717) is 6.04 Å². The fourth-order valence-corrected chi connectivity index (χ4v) is 1.84. The highest BCUT2D eigenvalue weighted by molar-refractivity contribution is 4.77. The molecule has 2 aliphatic heterocycles. The molecule has 2 rings (SSSR count). The second-order valence-electron chi connectivity index (χ2n) is 4.32. The highest BCUT2D eigenvalue weighted by Crippen LogP contribution is 2.20. The molecule has 0 aromatic rings. The summed E-state index contributed by atoms with van der Waals surface area (Å²) in [5.74, 6) is -0.400. The van der Waals surface area contributed by atoms with Gasteiger partial charge in [0.1, 0.15) is 0 Å². The second-order valence-corrected chi connectivity index (χ2v) is 4.32. The van der Waals surface area contributed by atoms with E-state index in [1.807, 2.05) is 13.8 Å². The minimum atomic E-state index is -0.400. The first-order valence-corrected chi connectivity index (χ1v) is 5.27. The molecule has 0 aromatic carbocycles. The Balaban J connectivity index is 1.82. The van der Waals surface area contributed by atoms with Crippen LogP contribution in [0.1, 0.15) is 13.8 Å². The molecule has 4 heteroatoms. The maximum atomic E-state index is 5.63. The molecule has 82 valence electrons. The minimum absolute atomic E-state index is 0.400. The Labute approximate surface area is 85.1 Å². The molecule has 0 atom stereocenters. The van der Waals surface area contributed by atoms with Gasteiger partial charge in [0.25, 0.3) is 0 Å². The van der Waals surface area contributed by atoms with E-state index in [-0.39, 0.29) is 0 Å². The number of nitrogens with zero attached hydrogens (tertiary/aromatic N) is 1. The van der Waals surface area contributed by atoms with Gasteiger partial charge in [-0.2, -0.15) is 0 Å². The molecular weight excluding hydrogens is 182 g/mol. The third kappa shape index (κ3) is 2.45. The molecular formula is C10H19NO3. The van der Waals surface area contributed by atoms with Crippen molar-refractivity contribution in [3.8, 4) is 0 Å². The molecule has 0 spiro atoms. The Kier molecular flexibility index (Phi) is 3.07. The van der Waals surface area contributed by atoms with Gasteiger partial charge in [-0.25, -0.2) is 0 Å². The Bertz CT molecular complexity index is 180. The van der Waals surface area contributed by atoms with Gasteiger partial charge in [-0.15, -0.1) is 0 Å². The third-order valence-electron chi connectivity index (χ3n) is 2.81. The standard InChI is InChI=1S/C10H19NO3/c1-10(2)13-7-9(8-14-10)11-3-5-12-6-4-11/h9H,3-8H2,1-2H3. The molecule has 14 heavy (non-hydrogen) atoms. The fourth-order valence-electron chi connectivity index (χ4n) is 1.84. The lowest BCUT2D eigenvalue weighted by molar-refractivity contribution is -0.266. The van der Waals surface area contributed by atoms with Crippen molar-refractivity contribution in [3.05, 3.63) is 0 Å². The molecule has 0 aromatic heterocycles. The molecule has 2 aliphatic rings. The van der Waals surface area contributed by atoms with Crippen LogP contribution in [0.2, 0.25) is 0 Å². The molecule has 0 bridgehead atoms. The summed E-state index contributed by atoms with van der Waals surface area (Å²) in [7, 11) is 0. The van der Waals surface area contributed by atoms with Crippen LogP contribution in [0.15, 0.2) is 0 Å². The molecule has 0 saturated carbocycles. The molecule has 0 unspecified atom stereocenters. The molecule has 2 saturated heterocycles. The van der Waals surface area contributed by atoms with Crippen molar-refractivity contribution in [1.29, 1.82) is 0 Å². The largest absolute Gasteiger partial charge is 0.379 e. The summed E-state index contributed by atoms with van der Waals surface area (Å²) in [6.45, 7) is 9.13. The average Bonchev–Trinajstić information content (AvgIpc) is 2.19. The first-order chi connectivity index (χ1) is 6.67. The smallest absolute Gasteiger partial charge is 0.162 e. The summed E-state index contributed by atoms with van der Waals surface area (Å²) in [4.78, 5) is 2.39. The topological polar surface area (TPSA) is 30.9 Å². The van der Waals surface area contributed by atoms with Gasteiger partial charge in [-0.1, -0.05) is 0 Å². The SMILES string of the molecule is CC1(C)OCC(N2CCOCC2)CO1. The summed E-state index contributed by atoms with van der Waals surface area (Å²) in [6.07, 6.45) is 0. The van der Waals surface area contributed by atoms with Crippen LogP contribution < -0.4 is 0 Å². The van der Waals surface area contributed by atoms with Crippen molar-refractivity contribution in [2.24, 2.45) is 0 Å². The van der Waals surface area contributed by atoms with E-state index in [0.717, 1.165) is 39.5 Å². The number of hydrogen-bond donors (Lipinski definition) is 0. The van der Waals surface area contributed by atoms with Crippen molar-refractivity contribution < 1.29 is 14.2 Å². The van der Waals surface area contributed by atoms with Gasteiger partial charge in [-0.05, 0) is 13.8 Å². The van der Waals surface area contributed by atoms with Gasteiger partial charge < -0.3 is 14.2 Å². The molecule has 0 radical (unpaired) electrons. The minimum Gasteiger partial charge on any atom is -0.379 e. The highest BCUT2D eigenvalue weighted by atomic mass is 16.7. The van der Waals surface area contributed by atoms with E-state index >= 15 is 0 Å². The van der Waals surface area contributed by atoms with Crippen LogP contribution in [0, 0.1) is 0 Å². The lowest BCUT2D eigenvalue weighted by Gasteiger charge is -2.41. The van der Waals surface area contributed by atoms with Gasteiger partial charge in [0.05, 0.1) is 32.5 Å². The summed E-state index contributed by atoms with van der Waals surface area (Å²) in [5.41, 5.74) is 0. The zero-order valence-electron chi connectivity index (χ0n) is 8.99. The van der Waals surface area contributed by atoms with Gasteiger partial charge in [0.15, 0.2) is 5.79 Å². The predicted octanol–water partition coefficient (Wildman–Crippen LogP) is 0.470. The zero-order valence-corrected chi connectivity index (χ0v) is 8.99. The maximum absolute atomic E-state index is 5.63. The van der Waals surface area contributed by atoms with Crippen LogP contribution in [0.5, 0.6) is 0 Å². The normalized spacial score (nSPS) is 30.4. The lowest BCUT2D eigenvalue weighted by atomic mass is 10.2.